The van der Waals surface area contributed by atoms with Crippen LogP contribution in [0.5, 0.6) is 11.5 Å². The number of non-ortho nitro benzene ring substituents is 1. The molecule has 0 saturated carbocycles. The first-order valence-corrected chi connectivity index (χ1v) is 10.1. The molecule has 0 aliphatic rings. The van der Waals surface area contributed by atoms with E-state index in [0.29, 0.717) is 16.8 Å². The Labute approximate surface area is 198 Å². The van der Waals surface area contributed by atoms with Crippen molar-refractivity contribution in [2.45, 2.75) is 6.61 Å². The van der Waals surface area contributed by atoms with Crippen molar-refractivity contribution in [2.75, 3.05) is 12.4 Å². The lowest BCUT2D eigenvalue weighted by atomic mass is 10.1. The molecule has 0 fully saturated rings. The van der Waals surface area contributed by atoms with Gasteiger partial charge in [-0.15, -0.1) is 0 Å². The topological polar surface area (TPSA) is 114 Å². The number of amides is 1. The maximum atomic E-state index is 13.0. The van der Waals surface area contributed by atoms with Crippen LogP contribution in [0.3, 0.4) is 0 Å². The zero-order chi connectivity index (χ0) is 24.7. The summed E-state index contributed by atoms with van der Waals surface area (Å²) in [5.74, 6) is -0.707. The van der Waals surface area contributed by atoms with Gasteiger partial charge in [-0.05, 0) is 53.6 Å². The lowest BCUT2D eigenvalue weighted by Gasteiger charge is -2.13. The largest absolute Gasteiger partial charge is 0.493 e. The second kappa shape index (κ2) is 10.9. The predicted molar refractivity (Wildman–Crippen MR) is 124 cm³/mol. The summed E-state index contributed by atoms with van der Waals surface area (Å²) in [6.07, 6.45) is 1.32. The number of hydrogen-bond acceptors (Lipinski definition) is 6. The van der Waals surface area contributed by atoms with E-state index in [2.05, 4.69) is 5.32 Å². The summed E-state index contributed by atoms with van der Waals surface area (Å²) in [5.41, 5.74) is 0.999. The monoisotopic (exact) mass is 481 g/mol. The smallest absolute Gasteiger partial charge is 0.269 e. The van der Waals surface area contributed by atoms with Crippen molar-refractivity contribution in [3.05, 3.63) is 98.3 Å². The van der Waals surface area contributed by atoms with Crippen LogP contribution < -0.4 is 14.8 Å². The molecule has 0 spiro atoms. The molecule has 0 aliphatic carbocycles. The number of nitriles is 1. The molecule has 1 N–H and O–H groups in total. The molecule has 0 bridgehead atoms. The molecule has 10 heteroatoms. The van der Waals surface area contributed by atoms with E-state index in [0.717, 1.165) is 0 Å². The van der Waals surface area contributed by atoms with Crippen molar-refractivity contribution in [1.29, 1.82) is 5.26 Å². The van der Waals surface area contributed by atoms with Crippen molar-refractivity contribution in [2.24, 2.45) is 0 Å². The molecule has 172 valence electrons. The minimum absolute atomic E-state index is 0.00350. The highest BCUT2D eigenvalue weighted by molar-refractivity contribution is 6.32. The van der Waals surface area contributed by atoms with E-state index in [1.54, 1.807) is 12.1 Å². The zero-order valence-corrected chi connectivity index (χ0v) is 18.5. The van der Waals surface area contributed by atoms with Gasteiger partial charge in [0.2, 0.25) is 0 Å². The molecule has 3 aromatic carbocycles. The molecule has 1 amide bonds. The van der Waals surface area contributed by atoms with Crippen molar-refractivity contribution in [1.82, 2.24) is 0 Å². The van der Waals surface area contributed by atoms with Crippen molar-refractivity contribution in [3.63, 3.8) is 0 Å². The van der Waals surface area contributed by atoms with E-state index in [1.165, 1.54) is 61.7 Å². The number of rotatable bonds is 8. The molecule has 0 saturated heterocycles. The first-order chi connectivity index (χ1) is 16.3. The number of methoxy groups -OCH3 is 1. The fraction of sp³-hybridized carbons (Fsp3) is 0.0833. The third-order valence-electron chi connectivity index (χ3n) is 4.53. The number of carbonyl (C=O) groups excluding carboxylic acids is 1. The van der Waals surface area contributed by atoms with E-state index < -0.39 is 16.6 Å². The average molecular weight is 482 g/mol. The quantitative estimate of drug-likeness (QED) is 0.196. The van der Waals surface area contributed by atoms with Crippen LogP contribution in [0, 0.1) is 27.3 Å². The number of nitrogens with zero attached hydrogens (tertiary/aromatic N) is 2. The van der Waals surface area contributed by atoms with Gasteiger partial charge in [0.1, 0.15) is 24.1 Å². The SMILES string of the molecule is COc1cc(/C=C(\C#N)C(=O)Nc2ccc(F)cc2)cc(Cl)c1OCc1cccc([N+](=O)[O-])c1. The Morgan fingerprint density at radius 1 is 1.24 bits per heavy atom. The van der Waals surface area contributed by atoms with Crippen LogP contribution in [-0.4, -0.2) is 17.9 Å². The molecule has 8 nitrogen and oxygen atoms in total. The number of ether oxygens (including phenoxy) is 2. The predicted octanol–water partition coefficient (Wildman–Crippen LogP) is 5.52. The Kier molecular flexibility index (Phi) is 7.79. The molecular formula is C24H17ClFN3O5. The summed E-state index contributed by atoms with van der Waals surface area (Å²) in [7, 11) is 1.39. The van der Waals surface area contributed by atoms with Crippen molar-refractivity contribution >= 4 is 35.0 Å². The molecular weight excluding hydrogens is 465 g/mol. The highest BCUT2D eigenvalue weighted by Gasteiger charge is 2.15. The van der Waals surface area contributed by atoms with Gasteiger partial charge in [-0.25, -0.2) is 4.39 Å². The van der Waals surface area contributed by atoms with Gasteiger partial charge in [-0.3, -0.25) is 14.9 Å². The van der Waals surface area contributed by atoms with Gasteiger partial charge in [-0.2, -0.15) is 5.26 Å². The lowest BCUT2D eigenvalue weighted by molar-refractivity contribution is -0.384. The number of nitrogens with one attached hydrogen (secondary N) is 1. The maximum absolute atomic E-state index is 13.0. The van der Waals surface area contributed by atoms with E-state index in [4.69, 9.17) is 21.1 Å². The number of anilines is 1. The number of nitro groups is 1. The normalized spacial score (nSPS) is 10.8. The van der Waals surface area contributed by atoms with Crippen LogP contribution in [-0.2, 0) is 11.4 Å². The van der Waals surface area contributed by atoms with E-state index in [-0.39, 0.29) is 34.4 Å². The molecule has 0 aromatic heterocycles. The highest BCUT2D eigenvalue weighted by Crippen LogP contribution is 2.37. The summed E-state index contributed by atoms with van der Waals surface area (Å²) in [6, 6.07) is 15.9. The van der Waals surface area contributed by atoms with Crippen LogP contribution >= 0.6 is 11.6 Å². The van der Waals surface area contributed by atoms with E-state index in [9.17, 15) is 24.6 Å². The first kappa shape index (κ1) is 24.2. The van der Waals surface area contributed by atoms with Gasteiger partial charge >= 0.3 is 0 Å². The maximum Gasteiger partial charge on any atom is 0.269 e. The number of carbonyl (C=O) groups is 1. The fourth-order valence-corrected chi connectivity index (χ4v) is 3.20. The Morgan fingerprint density at radius 3 is 2.62 bits per heavy atom. The minimum atomic E-state index is -0.685. The molecule has 3 aromatic rings. The Balaban J connectivity index is 1.81. The van der Waals surface area contributed by atoms with E-state index >= 15 is 0 Å². The summed E-state index contributed by atoms with van der Waals surface area (Å²) in [4.78, 5) is 22.9. The van der Waals surface area contributed by atoms with E-state index in [1.807, 2.05) is 6.07 Å². The first-order valence-electron chi connectivity index (χ1n) is 9.73. The lowest BCUT2D eigenvalue weighted by Crippen LogP contribution is -2.13. The van der Waals surface area contributed by atoms with Crippen LogP contribution in [0.15, 0.2) is 66.2 Å². The Hall–Kier alpha value is -4.42. The van der Waals surface area contributed by atoms with Gasteiger partial charge in [0, 0.05) is 17.8 Å². The zero-order valence-electron chi connectivity index (χ0n) is 17.7. The molecule has 0 atom stereocenters. The van der Waals surface area contributed by atoms with Gasteiger partial charge < -0.3 is 14.8 Å². The minimum Gasteiger partial charge on any atom is -0.493 e. The second-order valence-corrected chi connectivity index (χ2v) is 7.29. The molecule has 0 heterocycles. The van der Waals surface area contributed by atoms with Gasteiger partial charge in [0.15, 0.2) is 11.5 Å². The summed E-state index contributed by atoms with van der Waals surface area (Å²) >= 11 is 6.35. The fourth-order valence-electron chi connectivity index (χ4n) is 2.93. The van der Waals surface area contributed by atoms with Crippen LogP contribution in [0.2, 0.25) is 5.02 Å². The molecule has 0 radical (unpaired) electrons. The number of nitro benzene ring substituents is 1. The van der Waals surface area contributed by atoms with Crippen molar-refractivity contribution < 1.29 is 23.6 Å². The third-order valence-corrected chi connectivity index (χ3v) is 4.82. The summed E-state index contributed by atoms with van der Waals surface area (Å²) < 4.78 is 24.1. The Morgan fingerprint density at radius 2 is 1.97 bits per heavy atom. The second-order valence-electron chi connectivity index (χ2n) is 6.88. The van der Waals surface area contributed by atoms with Crippen LogP contribution in [0.1, 0.15) is 11.1 Å². The summed E-state index contributed by atoms with van der Waals surface area (Å²) in [5, 5.41) is 23.0. The molecule has 34 heavy (non-hydrogen) atoms. The standard InChI is InChI=1S/C24H17ClFN3O5/c1-33-22-12-16(9-17(13-27)24(30)28-19-7-5-18(26)6-8-19)11-21(25)23(22)34-14-15-3-2-4-20(10-15)29(31)32/h2-12H,14H2,1H3,(H,28,30)/b17-9+. The van der Waals surface area contributed by atoms with Gasteiger partial charge in [0.05, 0.1) is 17.1 Å². The third kappa shape index (κ3) is 6.09. The van der Waals surface area contributed by atoms with Gasteiger partial charge in [-0.1, -0.05) is 23.7 Å². The average Bonchev–Trinajstić information content (AvgIpc) is 2.83. The Bertz CT molecular complexity index is 1300. The summed E-state index contributed by atoms with van der Waals surface area (Å²) in [6.45, 7) is -0.00350. The number of benzene rings is 3. The van der Waals surface area contributed by atoms with Crippen LogP contribution in [0.25, 0.3) is 6.08 Å². The van der Waals surface area contributed by atoms with Crippen molar-refractivity contribution in [3.8, 4) is 17.6 Å². The molecule has 0 unspecified atom stereocenters. The highest BCUT2D eigenvalue weighted by atomic mass is 35.5. The number of halogens is 2. The molecule has 3 rings (SSSR count). The molecule has 0 aliphatic heterocycles. The number of hydrogen-bond donors (Lipinski definition) is 1. The van der Waals surface area contributed by atoms with Crippen LogP contribution in [0.4, 0.5) is 15.8 Å². The van der Waals surface area contributed by atoms with Gasteiger partial charge in [0.25, 0.3) is 11.6 Å².